The summed E-state index contributed by atoms with van der Waals surface area (Å²) in [6.45, 7) is 4.29. The van der Waals surface area contributed by atoms with Gasteiger partial charge in [-0.15, -0.1) is 0 Å². The first-order valence-electron chi connectivity index (χ1n) is 5.73. The van der Waals surface area contributed by atoms with Gasteiger partial charge in [0.2, 0.25) is 0 Å². The number of carbonyl (C=O) groups is 1. The van der Waals surface area contributed by atoms with E-state index in [1.165, 1.54) is 25.7 Å². The highest BCUT2D eigenvalue weighted by Crippen LogP contribution is 2.56. The van der Waals surface area contributed by atoms with E-state index in [4.69, 9.17) is 0 Å². The Morgan fingerprint density at radius 2 is 1.77 bits per heavy atom. The maximum absolute atomic E-state index is 11.8. The number of fused-ring (bicyclic) bond motifs is 1. The lowest BCUT2D eigenvalue weighted by molar-refractivity contribution is -0.121. The van der Waals surface area contributed by atoms with Crippen LogP contribution in [0.4, 0.5) is 0 Å². The molecule has 2 fully saturated rings. The van der Waals surface area contributed by atoms with E-state index >= 15 is 0 Å². The fourth-order valence-electron chi connectivity index (χ4n) is 3.01. The molecule has 2 rings (SSSR count). The van der Waals surface area contributed by atoms with E-state index in [0.717, 1.165) is 18.3 Å². The van der Waals surface area contributed by atoms with Gasteiger partial charge in [0.05, 0.1) is 0 Å². The minimum absolute atomic E-state index is 0.491. The SMILES string of the molecule is CC(C)CC(=O)C1C2CCCCC21. The summed E-state index contributed by atoms with van der Waals surface area (Å²) in [5, 5.41) is 0. The Kier molecular flexibility index (Phi) is 2.44. The number of rotatable bonds is 3. The van der Waals surface area contributed by atoms with Crippen LogP contribution in [0.1, 0.15) is 46.0 Å². The van der Waals surface area contributed by atoms with Crippen molar-refractivity contribution in [3.8, 4) is 0 Å². The Hall–Kier alpha value is -0.330. The first kappa shape index (κ1) is 9.23. The van der Waals surface area contributed by atoms with E-state index in [9.17, 15) is 4.79 Å². The van der Waals surface area contributed by atoms with Gasteiger partial charge >= 0.3 is 0 Å². The monoisotopic (exact) mass is 180 g/mol. The lowest BCUT2D eigenvalue weighted by Gasteiger charge is -2.04. The van der Waals surface area contributed by atoms with Gasteiger partial charge in [-0.3, -0.25) is 4.79 Å². The third kappa shape index (κ3) is 1.79. The number of carbonyl (C=O) groups excluding carboxylic acids is 1. The molecular weight excluding hydrogens is 160 g/mol. The van der Waals surface area contributed by atoms with Crippen LogP contribution >= 0.6 is 0 Å². The van der Waals surface area contributed by atoms with Gasteiger partial charge < -0.3 is 0 Å². The van der Waals surface area contributed by atoms with Gasteiger partial charge in [-0.1, -0.05) is 26.7 Å². The van der Waals surface area contributed by atoms with Crippen molar-refractivity contribution >= 4 is 5.78 Å². The maximum Gasteiger partial charge on any atom is 0.136 e. The molecule has 74 valence electrons. The van der Waals surface area contributed by atoms with Crippen molar-refractivity contribution in [1.29, 1.82) is 0 Å². The predicted molar refractivity (Wildman–Crippen MR) is 53.4 cm³/mol. The molecule has 0 radical (unpaired) electrons. The van der Waals surface area contributed by atoms with Crippen LogP contribution < -0.4 is 0 Å². The molecule has 13 heavy (non-hydrogen) atoms. The van der Waals surface area contributed by atoms with Gasteiger partial charge in [-0.05, 0) is 30.6 Å². The van der Waals surface area contributed by atoms with Crippen LogP contribution in [-0.4, -0.2) is 5.78 Å². The Balaban J connectivity index is 1.86. The van der Waals surface area contributed by atoms with Crippen LogP contribution in [0, 0.1) is 23.7 Å². The van der Waals surface area contributed by atoms with E-state index in [2.05, 4.69) is 13.8 Å². The number of Topliss-reactive ketones (excluding diaryl/α,β-unsaturated/α-hetero) is 1. The molecule has 0 heterocycles. The molecule has 0 amide bonds. The molecule has 2 aliphatic carbocycles. The van der Waals surface area contributed by atoms with Crippen molar-refractivity contribution in [2.24, 2.45) is 23.7 Å². The smallest absolute Gasteiger partial charge is 0.136 e. The highest BCUT2D eigenvalue weighted by atomic mass is 16.1. The minimum Gasteiger partial charge on any atom is -0.299 e. The average Bonchev–Trinajstić information content (AvgIpc) is 2.76. The second-order valence-corrected chi connectivity index (χ2v) is 5.20. The zero-order valence-corrected chi connectivity index (χ0v) is 8.75. The van der Waals surface area contributed by atoms with E-state index < -0.39 is 0 Å². The van der Waals surface area contributed by atoms with Crippen LogP contribution in [0.15, 0.2) is 0 Å². The summed E-state index contributed by atoms with van der Waals surface area (Å²) >= 11 is 0. The molecule has 0 aromatic rings. The number of ketones is 1. The van der Waals surface area contributed by atoms with E-state index in [-0.39, 0.29) is 0 Å². The number of hydrogen-bond acceptors (Lipinski definition) is 1. The van der Waals surface area contributed by atoms with Gasteiger partial charge in [-0.25, -0.2) is 0 Å². The standard InChI is InChI=1S/C12H20O/c1-8(2)7-11(13)12-9-5-3-4-6-10(9)12/h8-10,12H,3-7H2,1-2H3. The first-order valence-corrected chi connectivity index (χ1v) is 5.73. The molecule has 0 aliphatic heterocycles. The molecule has 0 aromatic carbocycles. The minimum atomic E-state index is 0.491. The van der Waals surface area contributed by atoms with E-state index in [0.29, 0.717) is 17.6 Å². The van der Waals surface area contributed by atoms with Crippen LogP contribution in [0.3, 0.4) is 0 Å². The molecule has 1 nitrogen and oxygen atoms in total. The first-order chi connectivity index (χ1) is 6.20. The van der Waals surface area contributed by atoms with Gasteiger partial charge in [0.15, 0.2) is 0 Å². The van der Waals surface area contributed by atoms with Gasteiger partial charge in [0.25, 0.3) is 0 Å². The topological polar surface area (TPSA) is 17.1 Å². The normalized spacial score (nSPS) is 37.3. The van der Waals surface area contributed by atoms with E-state index in [1.54, 1.807) is 0 Å². The fraction of sp³-hybridized carbons (Fsp3) is 0.917. The highest BCUT2D eigenvalue weighted by molar-refractivity contribution is 5.84. The van der Waals surface area contributed by atoms with Crippen LogP contribution in [0.5, 0.6) is 0 Å². The van der Waals surface area contributed by atoms with Crippen molar-refractivity contribution in [3.63, 3.8) is 0 Å². The van der Waals surface area contributed by atoms with Crippen LogP contribution in [-0.2, 0) is 4.79 Å². The predicted octanol–water partition coefficient (Wildman–Crippen LogP) is 3.04. The molecule has 2 atom stereocenters. The quantitative estimate of drug-likeness (QED) is 0.652. The molecule has 0 N–H and O–H groups in total. The van der Waals surface area contributed by atoms with Gasteiger partial charge in [-0.2, -0.15) is 0 Å². The summed E-state index contributed by atoms with van der Waals surface area (Å²) in [4.78, 5) is 11.8. The molecule has 2 unspecified atom stereocenters. The molecule has 2 aliphatic rings. The van der Waals surface area contributed by atoms with E-state index in [1.807, 2.05) is 0 Å². The third-order valence-electron chi connectivity index (χ3n) is 3.64. The zero-order valence-electron chi connectivity index (χ0n) is 8.75. The van der Waals surface area contributed by atoms with Crippen molar-refractivity contribution in [2.45, 2.75) is 46.0 Å². The zero-order chi connectivity index (χ0) is 9.42. The molecule has 1 heteroatoms. The van der Waals surface area contributed by atoms with Crippen molar-refractivity contribution in [2.75, 3.05) is 0 Å². The third-order valence-corrected chi connectivity index (χ3v) is 3.64. The summed E-state index contributed by atoms with van der Waals surface area (Å²) in [5.74, 6) is 3.21. The Morgan fingerprint density at radius 3 is 2.23 bits per heavy atom. The van der Waals surface area contributed by atoms with Gasteiger partial charge in [0.1, 0.15) is 5.78 Å². The summed E-state index contributed by atoms with van der Waals surface area (Å²) in [6, 6.07) is 0. The molecular formula is C12H20O. The van der Waals surface area contributed by atoms with Crippen LogP contribution in [0.2, 0.25) is 0 Å². The molecule has 0 saturated heterocycles. The summed E-state index contributed by atoms with van der Waals surface area (Å²) < 4.78 is 0. The second kappa shape index (κ2) is 3.43. The largest absolute Gasteiger partial charge is 0.299 e. The number of hydrogen-bond donors (Lipinski definition) is 0. The summed E-state index contributed by atoms with van der Waals surface area (Å²) in [5.41, 5.74) is 0. The molecule has 0 aromatic heterocycles. The van der Waals surface area contributed by atoms with Crippen molar-refractivity contribution < 1.29 is 4.79 Å². The lowest BCUT2D eigenvalue weighted by Crippen LogP contribution is -2.06. The maximum atomic E-state index is 11.8. The lowest BCUT2D eigenvalue weighted by atomic mass is 10.0. The molecule has 0 spiro atoms. The Labute approximate surface area is 80.9 Å². The molecule has 0 bridgehead atoms. The highest BCUT2D eigenvalue weighted by Gasteiger charge is 2.53. The summed E-state index contributed by atoms with van der Waals surface area (Å²) in [7, 11) is 0. The average molecular weight is 180 g/mol. The van der Waals surface area contributed by atoms with Crippen molar-refractivity contribution in [1.82, 2.24) is 0 Å². The summed E-state index contributed by atoms with van der Waals surface area (Å²) in [6.07, 6.45) is 6.22. The Morgan fingerprint density at radius 1 is 1.23 bits per heavy atom. The molecule has 2 saturated carbocycles. The fourth-order valence-corrected chi connectivity index (χ4v) is 3.01. The second-order valence-electron chi connectivity index (χ2n) is 5.20. The van der Waals surface area contributed by atoms with Crippen LogP contribution in [0.25, 0.3) is 0 Å². The van der Waals surface area contributed by atoms with Gasteiger partial charge in [0, 0.05) is 12.3 Å². The Bertz CT molecular complexity index is 195. The van der Waals surface area contributed by atoms with Crippen molar-refractivity contribution in [3.05, 3.63) is 0 Å².